The van der Waals surface area contributed by atoms with E-state index in [1.54, 1.807) is 13.8 Å². The first kappa shape index (κ1) is 10.5. The fourth-order valence-corrected chi connectivity index (χ4v) is 1.28. The molecule has 0 bridgehead atoms. The van der Waals surface area contributed by atoms with E-state index in [1.807, 2.05) is 6.92 Å². The van der Waals surface area contributed by atoms with Gasteiger partial charge in [-0.2, -0.15) is 0 Å². The molecular weight excluding hydrogens is 168 g/mol. The molecule has 0 aromatic rings. The van der Waals surface area contributed by atoms with Crippen LogP contribution in [0.3, 0.4) is 0 Å². The van der Waals surface area contributed by atoms with Gasteiger partial charge in [0, 0.05) is 25.0 Å². The highest BCUT2D eigenvalue weighted by Crippen LogP contribution is 2.10. The van der Waals surface area contributed by atoms with Crippen LogP contribution in [-0.4, -0.2) is 35.2 Å². The molecule has 1 amide bonds. The van der Waals surface area contributed by atoms with Crippen molar-refractivity contribution in [1.82, 2.24) is 10.6 Å². The number of amides is 1. The van der Waals surface area contributed by atoms with Gasteiger partial charge in [0.05, 0.1) is 5.60 Å². The lowest BCUT2D eigenvalue weighted by molar-refractivity contribution is -0.119. The van der Waals surface area contributed by atoms with E-state index in [2.05, 4.69) is 10.6 Å². The molecular formula is C9H18N2O2. The topological polar surface area (TPSA) is 61.4 Å². The monoisotopic (exact) mass is 186 g/mol. The van der Waals surface area contributed by atoms with Crippen molar-refractivity contribution in [3.05, 3.63) is 0 Å². The van der Waals surface area contributed by atoms with Gasteiger partial charge in [0.2, 0.25) is 5.91 Å². The average Bonchev–Trinajstić information content (AvgIpc) is 2.33. The molecule has 4 nitrogen and oxygen atoms in total. The zero-order valence-corrected chi connectivity index (χ0v) is 8.42. The van der Waals surface area contributed by atoms with Crippen molar-refractivity contribution in [2.75, 3.05) is 6.54 Å². The predicted octanol–water partition coefficient (Wildman–Crippen LogP) is -0.376. The third-order valence-corrected chi connectivity index (χ3v) is 2.52. The smallest absolute Gasteiger partial charge is 0.221 e. The van der Waals surface area contributed by atoms with Crippen LogP contribution in [0.4, 0.5) is 0 Å². The van der Waals surface area contributed by atoms with Crippen LogP contribution in [0.2, 0.25) is 0 Å². The second kappa shape index (κ2) is 3.64. The molecule has 1 saturated heterocycles. The summed E-state index contributed by atoms with van der Waals surface area (Å²) >= 11 is 0. The van der Waals surface area contributed by atoms with Crippen LogP contribution < -0.4 is 10.6 Å². The summed E-state index contributed by atoms with van der Waals surface area (Å²) in [6.07, 6.45) is 0.514. The maximum absolute atomic E-state index is 10.9. The molecule has 0 aromatic heterocycles. The lowest BCUT2D eigenvalue weighted by Crippen LogP contribution is -2.49. The molecule has 2 atom stereocenters. The lowest BCUT2D eigenvalue weighted by Gasteiger charge is -2.29. The van der Waals surface area contributed by atoms with Gasteiger partial charge in [0.15, 0.2) is 0 Å². The van der Waals surface area contributed by atoms with Crippen molar-refractivity contribution < 1.29 is 9.90 Å². The molecule has 1 rings (SSSR count). The number of carbonyl (C=O) groups excluding carboxylic acids is 1. The van der Waals surface area contributed by atoms with E-state index in [4.69, 9.17) is 0 Å². The minimum Gasteiger partial charge on any atom is -0.389 e. The van der Waals surface area contributed by atoms with Gasteiger partial charge in [-0.15, -0.1) is 0 Å². The van der Waals surface area contributed by atoms with Crippen LogP contribution >= 0.6 is 0 Å². The third kappa shape index (κ3) is 2.97. The van der Waals surface area contributed by atoms with Crippen LogP contribution in [0.25, 0.3) is 0 Å². The molecule has 1 fully saturated rings. The van der Waals surface area contributed by atoms with Crippen LogP contribution in [0.5, 0.6) is 0 Å². The van der Waals surface area contributed by atoms with Gasteiger partial charge in [0.1, 0.15) is 0 Å². The summed E-state index contributed by atoms with van der Waals surface area (Å²) in [5, 5.41) is 15.6. The maximum atomic E-state index is 10.9. The van der Waals surface area contributed by atoms with E-state index in [9.17, 15) is 9.90 Å². The highest BCUT2D eigenvalue weighted by Gasteiger charge is 2.28. The van der Waals surface area contributed by atoms with Crippen molar-refractivity contribution in [3.63, 3.8) is 0 Å². The maximum Gasteiger partial charge on any atom is 0.221 e. The second-order valence-electron chi connectivity index (χ2n) is 4.25. The number of nitrogens with one attached hydrogen (secondary N) is 2. The van der Waals surface area contributed by atoms with Crippen molar-refractivity contribution in [3.8, 4) is 0 Å². The molecule has 2 unspecified atom stereocenters. The molecule has 4 heteroatoms. The quantitative estimate of drug-likeness (QED) is 0.563. The molecule has 0 radical (unpaired) electrons. The van der Waals surface area contributed by atoms with Crippen LogP contribution in [0.15, 0.2) is 0 Å². The number of rotatable bonds is 3. The summed E-state index contributed by atoms with van der Waals surface area (Å²) in [5.41, 5.74) is -0.744. The Hall–Kier alpha value is -0.610. The largest absolute Gasteiger partial charge is 0.389 e. The second-order valence-corrected chi connectivity index (χ2v) is 4.25. The van der Waals surface area contributed by atoms with E-state index in [0.29, 0.717) is 13.0 Å². The van der Waals surface area contributed by atoms with Crippen LogP contribution in [-0.2, 0) is 4.79 Å². The molecule has 0 aromatic carbocycles. The van der Waals surface area contributed by atoms with E-state index >= 15 is 0 Å². The number of hydrogen-bond donors (Lipinski definition) is 3. The molecule has 1 heterocycles. The average molecular weight is 186 g/mol. The van der Waals surface area contributed by atoms with Gasteiger partial charge in [0.25, 0.3) is 0 Å². The number of carbonyl (C=O) groups is 1. The first-order valence-corrected chi connectivity index (χ1v) is 4.64. The lowest BCUT2D eigenvalue weighted by atomic mass is 10.00. The van der Waals surface area contributed by atoms with Crippen LogP contribution in [0.1, 0.15) is 27.2 Å². The van der Waals surface area contributed by atoms with E-state index < -0.39 is 5.60 Å². The predicted molar refractivity (Wildman–Crippen MR) is 50.3 cm³/mol. The third-order valence-electron chi connectivity index (χ3n) is 2.52. The fourth-order valence-electron chi connectivity index (χ4n) is 1.28. The van der Waals surface area contributed by atoms with Gasteiger partial charge in [-0.05, 0) is 20.8 Å². The zero-order valence-electron chi connectivity index (χ0n) is 8.42. The Morgan fingerprint density at radius 3 is 2.69 bits per heavy atom. The number of hydrogen-bond acceptors (Lipinski definition) is 3. The highest BCUT2D eigenvalue weighted by molar-refractivity contribution is 5.78. The molecule has 0 spiro atoms. The van der Waals surface area contributed by atoms with Crippen LogP contribution in [0, 0.1) is 0 Å². The minimum absolute atomic E-state index is 0.00907. The SMILES string of the molecule is CC(NC1CNC(=O)C1)C(C)(C)O. The first-order valence-electron chi connectivity index (χ1n) is 4.64. The molecule has 0 aliphatic carbocycles. The number of aliphatic hydroxyl groups is 1. The van der Waals surface area contributed by atoms with Crippen molar-refractivity contribution in [2.24, 2.45) is 0 Å². The summed E-state index contributed by atoms with van der Waals surface area (Å²) in [4.78, 5) is 10.9. The van der Waals surface area contributed by atoms with E-state index in [-0.39, 0.29) is 18.0 Å². The van der Waals surface area contributed by atoms with Crippen molar-refractivity contribution >= 4 is 5.91 Å². The normalized spacial score (nSPS) is 25.8. The molecule has 13 heavy (non-hydrogen) atoms. The Kier molecular flexibility index (Phi) is 2.93. The van der Waals surface area contributed by atoms with Gasteiger partial charge in [-0.1, -0.05) is 0 Å². The fraction of sp³-hybridized carbons (Fsp3) is 0.889. The Balaban J connectivity index is 2.37. The molecule has 1 aliphatic rings. The van der Waals surface area contributed by atoms with E-state index in [1.165, 1.54) is 0 Å². The zero-order chi connectivity index (χ0) is 10.1. The highest BCUT2D eigenvalue weighted by atomic mass is 16.3. The van der Waals surface area contributed by atoms with Gasteiger partial charge < -0.3 is 15.7 Å². The summed E-state index contributed by atoms with van der Waals surface area (Å²) in [7, 11) is 0. The Bertz CT molecular complexity index is 198. The standard InChI is InChI=1S/C9H18N2O2/c1-6(9(2,3)13)11-7-4-8(12)10-5-7/h6-7,11,13H,4-5H2,1-3H3,(H,10,12). The summed E-state index contributed by atoms with van der Waals surface area (Å²) in [5.74, 6) is 0.0837. The summed E-state index contributed by atoms with van der Waals surface area (Å²) in [6, 6.07) is 0.152. The Labute approximate surface area is 78.7 Å². The summed E-state index contributed by atoms with van der Waals surface area (Å²) < 4.78 is 0. The van der Waals surface area contributed by atoms with Crippen molar-refractivity contribution in [2.45, 2.75) is 44.9 Å². The van der Waals surface area contributed by atoms with E-state index in [0.717, 1.165) is 0 Å². The molecule has 3 N–H and O–H groups in total. The Morgan fingerprint density at radius 2 is 2.31 bits per heavy atom. The van der Waals surface area contributed by atoms with Gasteiger partial charge in [-0.25, -0.2) is 0 Å². The molecule has 76 valence electrons. The molecule has 0 saturated carbocycles. The summed E-state index contributed by atoms with van der Waals surface area (Å²) in [6.45, 7) is 6.10. The minimum atomic E-state index is -0.744. The first-order chi connectivity index (χ1) is 5.89. The Morgan fingerprint density at radius 1 is 1.69 bits per heavy atom. The van der Waals surface area contributed by atoms with Gasteiger partial charge in [-0.3, -0.25) is 4.79 Å². The van der Waals surface area contributed by atoms with Crippen molar-refractivity contribution in [1.29, 1.82) is 0 Å². The van der Waals surface area contributed by atoms with Gasteiger partial charge >= 0.3 is 0 Å². The molecule has 1 aliphatic heterocycles.